The van der Waals surface area contributed by atoms with Crippen molar-refractivity contribution in [1.82, 2.24) is 10.4 Å². The van der Waals surface area contributed by atoms with Gasteiger partial charge < -0.3 is 5.32 Å². The molecule has 0 aromatic carbocycles. The number of carbonyl (C=O) groups is 2. The van der Waals surface area contributed by atoms with Crippen LogP contribution < -0.4 is 5.32 Å². The van der Waals surface area contributed by atoms with Crippen molar-refractivity contribution in [3.05, 3.63) is 0 Å². The first kappa shape index (κ1) is 12.1. The maximum atomic E-state index is 11.4. The SMILES string of the molecule is COS(=O)ON1C(=O)C(NC=O)C1(C)C. The van der Waals surface area contributed by atoms with Gasteiger partial charge in [0.25, 0.3) is 5.91 Å². The summed E-state index contributed by atoms with van der Waals surface area (Å²) >= 11 is -2.00. The first-order chi connectivity index (χ1) is 6.95. The summed E-state index contributed by atoms with van der Waals surface area (Å²) in [6, 6.07) is -0.663. The highest BCUT2D eigenvalue weighted by Gasteiger charge is 2.56. The minimum atomic E-state index is -2.00. The molecule has 1 fully saturated rings. The fourth-order valence-electron chi connectivity index (χ4n) is 1.32. The molecule has 0 saturated carbocycles. The quantitative estimate of drug-likeness (QED) is 0.482. The van der Waals surface area contributed by atoms with E-state index in [1.165, 1.54) is 7.11 Å². The van der Waals surface area contributed by atoms with Crippen LogP contribution in [0, 0.1) is 0 Å². The molecule has 1 saturated heterocycles. The number of carbonyl (C=O) groups excluding carboxylic acids is 2. The Kier molecular flexibility index (Phi) is 3.42. The number of nitrogens with one attached hydrogen (secondary N) is 1. The normalized spacial score (nSPS) is 25.7. The highest BCUT2D eigenvalue weighted by Crippen LogP contribution is 2.32. The van der Waals surface area contributed by atoms with Crippen molar-refractivity contribution in [3.63, 3.8) is 0 Å². The number of nitrogens with zero attached hydrogens (tertiary/aromatic N) is 1. The van der Waals surface area contributed by atoms with Gasteiger partial charge in [-0.25, -0.2) is 0 Å². The predicted molar refractivity (Wildman–Crippen MR) is 50.1 cm³/mol. The molecule has 2 unspecified atom stereocenters. The van der Waals surface area contributed by atoms with Gasteiger partial charge in [-0.2, -0.15) is 9.27 Å². The maximum absolute atomic E-state index is 11.4. The highest BCUT2D eigenvalue weighted by molar-refractivity contribution is 7.75. The zero-order valence-electron chi connectivity index (χ0n) is 8.55. The lowest BCUT2D eigenvalue weighted by Crippen LogP contribution is -2.75. The van der Waals surface area contributed by atoms with Crippen molar-refractivity contribution >= 4 is 23.7 Å². The van der Waals surface area contributed by atoms with Gasteiger partial charge in [0, 0.05) is 0 Å². The molecule has 1 N–H and O–H groups in total. The lowest BCUT2D eigenvalue weighted by Gasteiger charge is -2.50. The van der Waals surface area contributed by atoms with Crippen LogP contribution >= 0.6 is 0 Å². The van der Waals surface area contributed by atoms with Gasteiger partial charge >= 0.3 is 11.4 Å². The topological polar surface area (TPSA) is 84.9 Å². The second-order valence-corrected chi connectivity index (χ2v) is 4.34. The van der Waals surface area contributed by atoms with E-state index < -0.39 is 28.8 Å². The number of rotatable bonds is 5. The van der Waals surface area contributed by atoms with Gasteiger partial charge in [0.15, 0.2) is 0 Å². The molecule has 1 aliphatic heterocycles. The Bertz CT molecular complexity index is 306. The summed E-state index contributed by atoms with van der Waals surface area (Å²) in [5.41, 5.74) is -0.744. The Balaban J connectivity index is 2.66. The third kappa shape index (κ3) is 2.01. The van der Waals surface area contributed by atoms with E-state index in [0.29, 0.717) is 6.41 Å². The summed E-state index contributed by atoms with van der Waals surface area (Å²) < 4.78 is 20.0. The third-order valence-corrected chi connectivity index (χ3v) is 2.73. The molecule has 15 heavy (non-hydrogen) atoms. The summed E-state index contributed by atoms with van der Waals surface area (Å²) in [5.74, 6) is -0.461. The van der Waals surface area contributed by atoms with Crippen LogP contribution in [-0.4, -0.2) is 40.3 Å². The first-order valence-corrected chi connectivity index (χ1v) is 5.13. The lowest BCUT2D eigenvalue weighted by molar-refractivity contribution is -0.216. The molecular formula is C7H12N2O5S. The fourth-order valence-corrected chi connectivity index (χ4v) is 1.77. The maximum Gasteiger partial charge on any atom is 0.327 e. The number of amides is 2. The van der Waals surface area contributed by atoms with Gasteiger partial charge in [0.05, 0.1) is 12.6 Å². The van der Waals surface area contributed by atoms with Crippen LogP contribution in [0.4, 0.5) is 0 Å². The molecule has 0 aromatic rings. The standard InChI is InChI=1S/C7H12N2O5S/c1-7(2)5(8-4-10)6(11)9(7)14-15(12)13-3/h4-5H,1-3H3,(H,8,10). The molecule has 1 rings (SSSR count). The molecule has 0 aliphatic carbocycles. The van der Waals surface area contributed by atoms with E-state index in [4.69, 9.17) is 4.28 Å². The number of β-lactam (4-membered cyclic amide) rings is 1. The van der Waals surface area contributed by atoms with Gasteiger partial charge in [-0.1, -0.05) is 0 Å². The molecule has 2 amide bonds. The van der Waals surface area contributed by atoms with Crippen LogP contribution in [0.3, 0.4) is 0 Å². The summed E-state index contributed by atoms with van der Waals surface area (Å²) in [5, 5.41) is 3.28. The van der Waals surface area contributed by atoms with Gasteiger partial charge in [0.1, 0.15) is 6.04 Å². The zero-order chi connectivity index (χ0) is 11.6. The minimum Gasteiger partial charge on any atom is -0.345 e. The Labute approximate surface area is 89.5 Å². The van der Waals surface area contributed by atoms with Crippen molar-refractivity contribution in [2.45, 2.75) is 25.4 Å². The lowest BCUT2D eigenvalue weighted by atomic mass is 9.85. The van der Waals surface area contributed by atoms with E-state index in [9.17, 15) is 13.8 Å². The van der Waals surface area contributed by atoms with Gasteiger partial charge in [-0.3, -0.25) is 13.8 Å². The Morgan fingerprint density at radius 2 is 2.20 bits per heavy atom. The van der Waals surface area contributed by atoms with Crippen LogP contribution in [0.2, 0.25) is 0 Å². The van der Waals surface area contributed by atoms with Crippen LogP contribution in [-0.2, 0) is 29.4 Å². The molecule has 0 aromatic heterocycles. The largest absolute Gasteiger partial charge is 0.345 e. The molecule has 0 spiro atoms. The molecular weight excluding hydrogens is 224 g/mol. The van der Waals surface area contributed by atoms with Crippen molar-refractivity contribution in [2.24, 2.45) is 0 Å². The van der Waals surface area contributed by atoms with Gasteiger partial charge in [-0.05, 0) is 13.8 Å². The smallest absolute Gasteiger partial charge is 0.327 e. The average molecular weight is 236 g/mol. The third-order valence-electron chi connectivity index (χ3n) is 2.18. The molecule has 0 bridgehead atoms. The van der Waals surface area contributed by atoms with Crippen LogP contribution in [0.5, 0.6) is 0 Å². The first-order valence-electron chi connectivity index (χ1n) is 4.13. The Morgan fingerprint density at radius 3 is 2.60 bits per heavy atom. The van der Waals surface area contributed by atoms with Gasteiger partial charge in [0.2, 0.25) is 6.41 Å². The van der Waals surface area contributed by atoms with E-state index >= 15 is 0 Å². The Morgan fingerprint density at radius 1 is 1.60 bits per heavy atom. The molecule has 0 radical (unpaired) electrons. The summed E-state index contributed by atoms with van der Waals surface area (Å²) in [6.45, 7) is 3.34. The molecule has 2 atom stereocenters. The Hall–Kier alpha value is -0.990. The summed E-state index contributed by atoms with van der Waals surface area (Å²) in [4.78, 5) is 21.6. The van der Waals surface area contributed by atoms with Crippen LogP contribution in [0.15, 0.2) is 0 Å². The van der Waals surface area contributed by atoms with Crippen molar-refractivity contribution in [2.75, 3.05) is 7.11 Å². The van der Waals surface area contributed by atoms with Crippen LogP contribution in [0.25, 0.3) is 0 Å². The molecule has 86 valence electrons. The molecule has 8 heteroatoms. The monoisotopic (exact) mass is 236 g/mol. The summed E-state index contributed by atoms with van der Waals surface area (Å²) in [7, 11) is 1.19. The predicted octanol–water partition coefficient (Wildman–Crippen LogP) is -1.12. The van der Waals surface area contributed by atoms with Crippen molar-refractivity contribution in [1.29, 1.82) is 0 Å². The van der Waals surface area contributed by atoms with Crippen molar-refractivity contribution in [3.8, 4) is 0 Å². The number of hydrogen-bond acceptors (Lipinski definition) is 5. The zero-order valence-corrected chi connectivity index (χ0v) is 9.37. The van der Waals surface area contributed by atoms with E-state index in [1.807, 2.05) is 0 Å². The fraction of sp³-hybridized carbons (Fsp3) is 0.714. The van der Waals surface area contributed by atoms with E-state index in [2.05, 4.69) is 9.50 Å². The van der Waals surface area contributed by atoms with E-state index in [-0.39, 0.29) is 0 Å². The van der Waals surface area contributed by atoms with Gasteiger partial charge in [-0.15, -0.1) is 4.28 Å². The van der Waals surface area contributed by atoms with Crippen molar-refractivity contribution < 1.29 is 22.3 Å². The second-order valence-electron chi connectivity index (χ2n) is 3.45. The molecule has 1 heterocycles. The number of hydroxylamine groups is 2. The van der Waals surface area contributed by atoms with Crippen LogP contribution in [0.1, 0.15) is 13.8 Å². The average Bonchev–Trinajstić information content (AvgIpc) is 2.21. The highest BCUT2D eigenvalue weighted by atomic mass is 32.2. The molecule has 7 nitrogen and oxygen atoms in total. The minimum absolute atomic E-state index is 0.439. The summed E-state index contributed by atoms with van der Waals surface area (Å²) in [6.07, 6.45) is 0.439. The molecule has 1 aliphatic rings. The van der Waals surface area contributed by atoms with E-state index in [0.717, 1.165) is 5.06 Å². The van der Waals surface area contributed by atoms with E-state index in [1.54, 1.807) is 13.8 Å². The second kappa shape index (κ2) is 4.25. The number of hydrogen-bond donors (Lipinski definition) is 1.